The van der Waals surface area contributed by atoms with Crippen LogP contribution in [0.15, 0.2) is 34.9 Å². The Bertz CT molecular complexity index is 580. The van der Waals surface area contributed by atoms with Gasteiger partial charge in [-0.15, -0.1) is 0 Å². The Morgan fingerprint density at radius 2 is 2.22 bits per heavy atom. The minimum Gasteiger partial charge on any atom is -0.294 e. The van der Waals surface area contributed by atoms with Crippen LogP contribution in [0.25, 0.3) is 0 Å². The van der Waals surface area contributed by atoms with Crippen molar-refractivity contribution in [1.29, 1.82) is 0 Å². The van der Waals surface area contributed by atoms with Crippen molar-refractivity contribution in [3.8, 4) is 0 Å². The van der Waals surface area contributed by atoms with Gasteiger partial charge in [0, 0.05) is 29.8 Å². The average Bonchev–Trinajstić information content (AvgIpc) is 2.72. The van der Waals surface area contributed by atoms with Gasteiger partial charge in [-0.25, -0.2) is 4.39 Å². The molecule has 0 spiro atoms. The van der Waals surface area contributed by atoms with Crippen LogP contribution < -0.4 is 0 Å². The number of hydrogen-bond donors (Lipinski definition) is 0. The third kappa shape index (κ3) is 2.85. The Balaban J connectivity index is 2.06. The lowest BCUT2D eigenvalue weighted by Gasteiger charge is -2.04. The molecule has 0 fully saturated rings. The smallest absolute Gasteiger partial charge is 0.166 e. The number of nitrogens with zero attached hydrogens (tertiary/aromatic N) is 2. The fourth-order valence-corrected chi connectivity index (χ4v) is 2.07. The SMILES string of the molecule is Cn1nccc1CCC(=O)c1ccc(Br)cc1F. The highest BCUT2D eigenvalue weighted by Crippen LogP contribution is 2.17. The molecular formula is C13H12BrFN2O. The van der Waals surface area contributed by atoms with Crippen molar-refractivity contribution >= 4 is 21.7 Å². The summed E-state index contributed by atoms with van der Waals surface area (Å²) in [6.45, 7) is 0. The molecule has 0 radical (unpaired) electrons. The quantitative estimate of drug-likeness (QED) is 0.813. The molecule has 0 saturated carbocycles. The number of benzene rings is 1. The highest BCUT2D eigenvalue weighted by Gasteiger charge is 2.12. The summed E-state index contributed by atoms with van der Waals surface area (Å²) < 4.78 is 15.9. The highest BCUT2D eigenvalue weighted by atomic mass is 79.9. The lowest BCUT2D eigenvalue weighted by Crippen LogP contribution is -2.06. The molecule has 2 aromatic rings. The summed E-state index contributed by atoms with van der Waals surface area (Å²) in [7, 11) is 1.82. The molecule has 3 nitrogen and oxygen atoms in total. The van der Waals surface area contributed by atoms with E-state index < -0.39 is 5.82 Å². The number of aromatic nitrogens is 2. The van der Waals surface area contributed by atoms with Crippen molar-refractivity contribution in [3.63, 3.8) is 0 Å². The summed E-state index contributed by atoms with van der Waals surface area (Å²) in [6, 6.07) is 6.33. The van der Waals surface area contributed by atoms with Gasteiger partial charge < -0.3 is 0 Å². The summed E-state index contributed by atoms with van der Waals surface area (Å²) in [6.07, 6.45) is 2.52. The van der Waals surface area contributed by atoms with Crippen molar-refractivity contribution < 1.29 is 9.18 Å². The van der Waals surface area contributed by atoms with Crippen molar-refractivity contribution in [2.75, 3.05) is 0 Å². The topological polar surface area (TPSA) is 34.9 Å². The van der Waals surface area contributed by atoms with E-state index in [-0.39, 0.29) is 17.8 Å². The standard InChI is InChI=1S/C13H12BrFN2O/c1-17-10(6-7-16-17)3-5-13(18)11-4-2-9(14)8-12(11)15/h2,4,6-8H,3,5H2,1H3. The number of Topliss-reactive ketones (excluding diaryl/α,β-unsaturated/α-hetero) is 1. The molecule has 0 atom stereocenters. The third-order valence-corrected chi connectivity index (χ3v) is 3.26. The van der Waals surface area contributed by atoms with Crippen LogP contribution in [-0.4, -0.2) is 15.6 Å². The molecule has 1 aromatic heterocycles. The first-order valence-electron chi connectivity index (χ1n) is 5.53. The van der Waals surface area contributed by atoms with Crippen molar-refractivity contribution in [3.05, 3.63) is 52.0 Å². The average molecular weight is 311 g/mol. The molecule has 0 bridgehead atoms. The van der Waals surface area contributed by atoms with E-state index in [1.165, 1.54) is 12.1 Å². The maximum absolute atomic E-state index is 13.6. The molecule has 0 aliphatic carbocycles. The first kappa shape index (κ1) is 13.0. The summed E-state index contributed by atoms with van der Waals surface area (Å²) in [4.78, 5) is 11.9. The van der Waals surface area contributed by atoms with Gasteiger partial charge in [-0.1, -0.05) is 15.9 Å². The normalized spacial score (nSPS) is 10.6. The van der Waals surface area contributed by atoms with Gasteiger partial charge >= 0.3 is 0 Å². The van der Waals surface area contributed by atoms with Gasteiger partial charge in [-0.05, 0) is 30.7 Å². The van der Waals surface area contributed by atoms with Crippen molar-refractivity contribution in [2.24, 2.45) is 7.05 Å². The Morgan fingerprint density at radius 3 is 2.83 bits per heavy atom. The summed E-state index contributed by atoms with van der Waals surface area (Å²) >= 11 is 3.16. The molecular weight excluding hydrogens is 299 g/mol. The Morgan fingerprint density at radius 1 is 1.44 bits per heavy atom. The molecule has 0 amide bonds. The minimum absolute atomic E-state index is 0.139. The largest absolute Gasteiger partial charge is 0.294 e. The van der Waals surface area contributed by atoms with Crippen LogP contribution in [0.5, 0.6) is 0 Å². The van der Waals surface area contributed by atoms with Gasteiger partial charge in [0.15, 0.2) is 5.78 Å². The first-order chi connectivity index (χ1) is 8.58. The number of hydrogen-bond acceptors (Lipinski definition) is 2. The van der Waals surface area contributed by atoms with Gasteiger partial charge in [0.25, 0.3) is 0 Å². The van der Waals surface area contributed by atoms with E-state index in [1.54, 1.807) is 16.9 Å². The number of aryl methyl sites for hydroxylation is 2. The van der Waals surface area contributed by atoms with Crippen LogP contribution >= 0.6 is 15.9 Å². The van der Waals surface area contributed by atoms with Gasteiger partial charge in [-0.2, -0.15) is 5.10 Å². The Labute approximate surface area is 113 Å². The highest BCUT2D eigenvalue weighted by molar-refractivity contribution is 9.10. The van der Waals surface area contributed by atoms with Gasteiger partial charge in [0.05, 0.1) is 5.56 Å². The van der Waals surface area contributed by atoms with Crippen LogP contribution in [0.2, 0.25) is 0 Å². The van der Waals surface area contributed by atoms with E-state index in [4.69, 9.17) is 0 Å². The number of ketones is 1. The second-order valence-corrected chi connectivity index (χ2v) is 4.91. The lowest BCUT2D eigenvalue weighted by atomic mass is 10.1. The Hall–Kier alpha value is -1.49. The van der Waals surface area contributed by atoms with E-state index >= 15 is 0 Å². The van der Waals surface area contributed by atoms with E-state index in [2.05, 4.69) is 21.0 Å². The summed E-state index contributed by atoms with van der Waals surface area (Å²) in [5.74, 6) is -0.680. The first-order valence-corrected chi connectivity index (χ1v) is 6.32. The van der Waals surface area contributed by atoms with Crippen LogP contribution in [-0.2, 0) is 13.5 Å². The molecule has 0 aliphatic rings. The molecule has 0 N–H and O–H groups in total. The van der Waals surface area contributed by atoms with Gasteiger partial charge in [0.2, 0.25) is 0 Å². The van der Waals surface area contributed by atoms with Crippen LogP contribution in [0.3, 0.4) is 0 Å². The third-order valence-electron chi connectivity index (χ3n) is 2.76. The molecule has 0 unspecified atom stereocenters. The monoisotopic (exact) mass is 310 g/mol. The maximum atomic E-state index is 13.6. The molecule has 0 aliphatic heterocycles. The zero-order valence-electron chi connectivity index (χ0n) is 9.86. The predicted octanol–water partition coefficient (Wildman–Crippen LogP) is 3.14. The van der Waals surface area contributed by atoms with Crippen LogP contribution in [0.4, 0.5) is 4.39 Å². The fourth-order valence-electron chi connectivity index (χ4n) is 1.74. The number of halogens is 2. The van der Waals surface area contributed by atoms with E-state index in [0.717, 1.165) is 5.69 Å². The Kier molecular flexibility index (Phi) is 3.91. The molecule has 18 heavy (non-hydrogen) atoms. The maximum Gasteiger partial charge on any atom is 0.166 e. The number of carbonyl (C=O) groups excluding carboxylic acids is 1. The van der Waals surface area contributed by atoms with E-state index in [0.29, 0.717) is 10.9 Å². The zero-order chi connectivity index (χ0) is 13.1. The molecule has 1 heterocycles. The van der Waals surface area contributed by atoms with Crippen LogP contribution in [0.1, 0.15) is 22.5 Å². The second kappa shape index (κ2) is 5.44. The predicted molar refractivity (Wildman–Crippen MR) is 70.0 cm³/mol. The molecule has 5 heteroatoms. The minimum atomic E-state index is -0.487. The summed E-state index contributed by atoms with van der Waals surface area (Å²) in [5, 5.41) is 4.02. The lowest BCUT2D eigenvalue weighted by molar-refractivity contribution is 0.0978. The fraction of sp³-hybridized carbons (Fsp3) is 0.231. The molecule has 94 valence electrons. The van der Waals surface area contributed by atoms with E-state index in [1.807, 2.05) is 13.1 Å². The summed E-state index contributed by atoms with van der Waals surface area (Å²) in [5.41, 5.74) is 1.10. The zero-order valence-corrected chi connectivity index (χ0v) is 11.4. The molecule has 2 rings (SSSR count). The number of rotatable bonds is 4. The van der Waals surface area contributed by atoms with Gasteiger partial charge in [-0.3, -0.25) is 9.48 Å². The molecule has 0 saturated heterocycles. The second-order valence-electron chi connectivity index (χ2n) is 3.99. The molecule has 1 aromatic carbocycles. The van der Waals surface area contributed by atoms with E-state index in [9.17, 15) is 9.18 Å². The van der Waals surface area contributed by atoms with Crippen molar-refractivity contribution in [2.45, 2.75) is 12.8 Å². The van der Waals surface area contributed by atoms with Crippen molar-refractivity contribution in [1.82, 2.24) is 9.78 Å². The number of carbonyl (C=O) groups is 1. The van der Waals surface area contributed by atoms with Gasteiger partial charge in [0.1, 0.15) is 5.82 Å². The van der Waals surface area contributed by atoms with Crippen LogP contribution in [0, 0.1) is 5.82 Å².